The molecule has 0 radical (unpaired) electrons. The average Bonchev–Trinajstić information content (AvgIpc) is 3.18. The number of hydrogen-bond acceptors (Lipinski definition) is 5. The van der Waals surface area contributed by atoms with E-state index in [2.05, 4.69) is 10.2 Å². The van der Waals surface area contributed by atoms with E-state index >= 15 is 0 Å². The molecular formula is C22H27N3O4S. The molecule has 0 bridgehead atoms. The fourth-order valence-electron chi connectivity index (χ4n) is 4.06. The first-order chi connectivity index (χ1) is 14.4. The van der Waals surface area contributed by atoms with Gasteiger partial charge in [0.2, 0.25) is 10.0 Å². The minimum absolute atomic E-state index is 0.141. The Morgan fingerprint density at radius 3 is 2.53 bits per heavy atom. The number of nitrogens with zero attached hydrogens (tertiary/aromatic N) is 2. The maximum Gasteiger partial charge on any atom is 0.251 e. The summed E-state index contributed by atoms with van der Waals surface area (Å²) in [6.45, 7) is 4.24. The number of hydrogen-bond donors (Lipinski definition) is 1. The lowest BCUT2D eigenvalue weighted by atomic mass is 10.0. The highest BCUT2D eigenvalue weighted by Gasteiger charge is 2.27. The molecule has 1 amide bonds. The zero-order valence-corrected chi connectivity index (χ0v) is 17.9. The van der Waals surface area contributed by atoms with Crippen molar-refractivity contribution in [1.29, 1.82) is 0 Å². The van der Waals surface area contributed by atoms with Crippen LogP contribution in [0.1, 0.15) is 27.5 Å². The second-order valence-electron chi connectivity index (χ2n) is 7.78. The number of rotatable bonds is 6. The van der Waals surface area contributed by atoms with Crippen LogP contribution in [-0.4, -0.2) is 64.9 Å². The molecule has 2 aromatic rings. The Morgan fingerprint density at radius 1 is 1.10 bits per heavy atom. The quantitative estimate of drug-likeness (QED) is 0.758. The fraction of sp³-hybridized carbons (Fsp3) is 0.409. The van der Waals surface area contributed by atoms with Gasteiger partial charge in [0.1, 0.15) is 0 Å². The Labute approximate surface area is 177 Å². The standard InChI is InChI=1S/C22H27N3O4S/c1-30(27,28)25-10-9-18-15-19(7-8-21(18)25)22(26)23-20(17-5-3-2-4-6-17)16-24-11-13-29-14-12-24/h2-8,15,20H,9-14,16H2,1H3,(H,23,26). The highest BCUT2D eigenvalue weighted by Crippen LogP contribution is 2.31. The number of carbonyl (C=O) groups excluding carboxylic acids is 1. The topological polar surface area (TPSA) is 79.0 Å². The molecule has 4 rings (SSSR count). The van der Waals surface area contributed by atoms with Crippen molar-refractivity contribution in [2.45, 2.75) is 12.5 Å². The van der Waals surface area contributed by atoms with Gasteiger partial charge in [-0.05, 0) is 35.7 Å². The van der Waals surface area contributed by atoms with Gasteiger partial charge in [-0.3, -0.25) is 14.0 Å². The first-order valence-corrected chi connectivity index (χ1v) is 12.0. The summed E-state index contributed by atoms with van der Waals surface area (Å²) in [6.07, 6.45) is 1.82. The van der Waals surface area contributed by atoms with Gasteiger partial charge in [-0.1, -0.05) is 30.3 Å². The molecule has 0 aliphatic carbocycles. The van der Waals surface area contributed by atoms with Gasteiger partial charge in [0.05, 0.1) is 31.2 Å². The Bertz CT molecular complexity index is 1000. The smallest absolute Gasteiger partial charge is 0.251 e. The summed E-state index contributed by atoms with van der Waals surface area (Å²) in [5.41, 5.74) is 3.16. The predicted molar refractivity (Wildman–Crippen MR) is 116 cm³/mol. The number of nitrogens with one attached hydrogen (secondary N) is 1. The van der Waals surface area contributed by atoms with Gasteiger partial charge in [0, 0.05) is 31.7 Å². The molecule has 2 heterocycles. The van der Waals surface area contributed by atoms with E-state index in [1.54, 1.807) is 12.1 Å². The van der Waals surface area contributed by atoms with Crippen LogP contribution < -0.4 is 9.62 Å². The van der Waals surface area contributed by atoms with Gasteiger partial charge in [-0.2, -0.15) is 0 Å². The van der Waals surface area contributed by atoms with Crippen LogP contribution in [-0.2, 0) is 21.2 Å². The van der Waals surface area contributed by atoms with E-state index in [1.807, 2.05) is 36.4 Å². The molecule has 2 aliphatic rings. The monoisotopic (exact) mass is 429 g/mol. The normalized spacial score (nSPS) is 18.1. The van der Waals surface area contributed by atoms with E-state index in [9.17, 15) is 13.2 Å². The third-order valence-corrected chi connectivity index (χ3v) is 6.83. The van der Waals surface area contributed by atoms with Gasteiger partial charge >= 0.3 is 0 Å². The van der Waals surface area contributed by atoms with E-state index in [4.69, 9.17) is 4.74 Å². The summed E-state index contributed by atoms with van der Waals surface area (Å²) in [5.74, 6) is -0.155. The third kappa shape index (κ3) is 4.66. The van der Waals surface area contributed by atoms with Crippen LogP contribution >= 0.6 is 0 Å². The minimum atomic E-state index is -3.30. The van der Waals surface area contributed by atoms with Crippen LogP contribution in [0.2, 0.25) is 0 Å². The minimum Gasteiger partial charge on any atom is -0.379 e. The third-order valence-electron chi connectivity index (χ3n) is 5.65. The maximum atomic E-state index is 13.1. The molecule has 160 valence electrons. The number of benzene rings is 2. The van der Waals surface area contributed by atoms with Gasteiger partial charge in [0.15, 0.2) is 0 Å². The Kier molecular flexibility index (Phi) is 6.08. The lowest BCUT2D eigenvalue weighted by Crippen LogP contribution is -2.43. The highest BCUT2D eigenvalue weighted by atomic mass is 32.2. The van der Waals surface area contributed by atoms with E-state index < -0.39 is 10.0 Å². The fourth-order valence-corrected chi connectivity index (χ4v) is 5.02. The van der Waals surface area contributed by atoms with Crippen molar-refractivity contribution >= 4 is 21.6 Å². The van der Waals surface area contributed by atoms with E-state index in [1.165, 1.54) is 10.6 Å². The summed E-state index contributed by atoms with van der Waals surface area (Å²) in [4.78, 5) is 15.4. The predicted octanol–water partition coefficient (Wildman–Crippen LogP) is 1.81. The van der Waals surface area contributed by atoms with Crippen molar-refractivity contribution < 1.29 is 17.9 Å². The van der Waals surface area contributed by atoms with Crippen LogP contribution in [0.5, 0.6) is 0 Å². The molecule has 1 fully saturated rings. The summed E-state index contributed by atoms with van der Waals surface area (Å²) < 4.78 is 30.7. The molecule has 1 saturated heterocycles. The molecule has 1 atom stereocenters. The molecule has 7 nitrogen and oxygen atoms in total. The number of ether oxygens (including phenoxy) is 1. The number of morpholine rings is 1. The summed E-state index contributed by atoms with van der Waals surface area (Å²) >= 11 is 0. The van der Waals surface area contributed by atoms with Crippen molar-refractivity contribution in [3.63, 3.8) is 0 Å². The lowest BCUT2D eigenvalue weighted by Gasteiger charge is -2.31. The Hall–Kier alpha value is -2.42. The second-order valence-corrected chi connectivity index (χ2v) is 9.69. The highest BCUT2D eigenvalue weighted by molar-refractivity contribution is 7.92. The van der Waals surface area contributed by atoms with Crippen LogP contribution in [0, 0.1) is 0 Å². The SMILES string of the molecule is CS(=O)(=O)N1CCc2cc(C(=O)NC(CN3CCOCC3)c3ccccc3)ccc21. The van der Waals surface area contributed by atoms with E-state index in [-0.39, 0.29) is 11.9 Å². The molecule has 8 heteroatoms. The summed E-state index contributed by atoms with van der Waals surface area (Å²) in [7, 11) is -3.30. The number of anilines is 1. The van der Waals surface area contributed by atoms with Crippen LogP contribution in [0.4, 0.5) is 5.69 Å². The molecule has 2 aromatic carbocycles. The number of sulfonamides is 1. The van der Waals surface area contributed by atoms with Crippen LogP contribution in [0.15, 0.2) is 48.5 Å². The largest absolute Gasteiger partial charge is 0.379 e. The Morgan fingerprint density at radius 2 is 1.83 bits per heavy atom. The first kappa shape index (κ1) is 20.8. The average molecular weight is 430 g/mol. The van der Waals surface area contributed by atoms with Gasteiger partial charge in [-0.15, -0.1) is 0 Å². The molecule has 1 unspecified atom stereocenters. The van der Waals surface area contributed by atoms with Crippen LogP contribution in [0.25, 0.3) is 0 Å². The van der Waals surface area contributed by atoms with Gasteiger partial charge in [-0.25, -0.2) is 8.42 Å². The summed E-state index contributed by atoms with van der Waals surface area (Å²) in [5, 5.41) is 3.18. The Balaban J connectivity index is 1.52. The molecule has 30 heavy (non-hydrogen) atoms. The molecule has 1 N–H and O–H groups in total. The molecular weight excluding hydrogens is 402 g/mol. The van der Waals surface area contributed by atoms with Crippen molar-refractivity contribution in [3.05, 3.63) is 65.2 Å². The zero-order chi connectivity index (χ0) is 21.1. The summed E-state index contributed by atoms with van der Waals surface area (Å²) in [6, 6.07) is 15.1. The molecule has 2 aliphatic heterocycles. The van der Waals surface area contributed by atoms with Gasteiger partial charge in [0.25, 0.3) is 5.91 Å². The van der Waals surface area contributed by atoms with Crippen molar-refractivity contribution in [2.75, 3.05) is 50.0 Å². The van der Waals surface area contributed by atoms with E-state index in [0.29, 0.717) is 44.0 Å². The molecule has 0 spiro atoms. The van der Waals surface area contributed by atoms with Gasteiger partial charge < -0.3 is 10.1 Å². The lowest BCUT2D eigenvalue weighted by molar-refractivity contribution is 0.0332. The first-order valence-electron chi connectivity index (χ1n) is 10.2. The number of carbonyl (C=O) groups is 1. The van der Waals surface area contributed by atoms with Crippen molar-refractivity contribution in [1.82, 2.24) is 10.2 Å². The second kappa shape index (κ2) is 8.75. The van der Waals surface area contributed by atoms with Crippen LogP contribution in [0.3, 0.4) is 0 Å². The number of fused-ring (bicyclic) bond motifs is 1. The maximum absolute atomic E-state index is 13.1. The molecule has 0 aromatic heterocycles. The molecule has 0 saturated carbocycles. The number of amides is 1. The van der Waals surface area contributed by atoms with Crippen molar-refractivity contribution in [2.24, 2.45) is 0 Å². The van der Waals surface area contributed by atoms with E-state index in [0.717, 1.165) is 24.2 Å². The zero-order valence-electron chi connectivity index (χ0n) is 17.1. The van der Waals surface area contributed by atoms with Crippen molar-refractivity contribution in [3.8, 4) is 0 Å².